The maximum Gasteiger partial charge on any atom is 0.0160 e. The molecule has 0 unspecified atom stereocenters. The van der Waals surface area contributed by atoms with Crippen LogP contribution in [-0.2, 0) is 6.42 Å². The second-order valence-electron chi connectivity index (χ2n) is 4.50. The summed E-state index contributed by atoms with van der Waals surface area (Å²) in [6.45, 7) is 4.32. The van der Waals surface area contributed by atoms with Gasteiger partial charge in [-0.25, -0.2) is 0 Å². The monoisotopic (exact) mass is 226 g/mol. The van der Waals surface area contributed by atoms with Crippen molar-refractivity contribution < 1.29 is 0 Å². The van der Waals surface area contributed by atoms with Gasteiger partial charge in [0.2, 0.25) is 0 Å². The fourth-order valence-electron chi connectivity index (χ4n) is 2.13. The number of rotatable bonds is 0. The number of hydrogen-bond acceptors (Lipinski definition) is 1. The molecule has 0 bridgehead atoms. The SMILES string of the molecule is Cc1ccc2c(c1)Sc1cc(C)ccc1C2. The van der Waals surface area contributed by atoms with Crippen molar-refractivity contribution in [2.75, 3.05) is 0 Å². The van der Waals surface area contributed by atoms with Gasteiger partial charge in [0.05, 0.1) is 0 Å². The largest absolute Gasteiger partial charge is 0.0895 e. The minimum atomic E-state index is 1.08. The third kappa shape index (κ3) is 1.65. The Morgan fingerprint density at radius 3 is 1.81 bits per heavy atom. The molecule has 0 fully saturated rings. The van der Waals surface area contributed by atoms with Gasteiger partial charge in [0.15, 0.2) is 0 Å². The van der Waals surface area contributed by atoms with Gasteiger partial charge in [0, 0.05) is 9.79 Å². The van der Waals surface area contributed by atoms with Crippen LogP contribution in [0.5, 0.6) is 0 Å². The molecule has 0 atom stereocenters. The fraction of sp³-hybridized carbons (Fsp3) is 0.200. The van der Waals surface area contributed by atoms with Crippen LogP contribution < -0.4 is 0 Å². The van der Waals surface area contributed by atoms with Crippen molar-refractivity contribution in [1.82, 2.24) is 0 Å². The zero-order valence-electron chi connectivity index (χ0n) is 9.58. The van der Waals surface area contributed by atoms with Gasteiger partial charge in [0.1, 0.15) is 0 Å². The summed E-state index contributed by atoms with van der Waals surface area (Å²) in [5.41, 5.74) is 5.63. The summed E-state index contributed by atoms with van der Waals surface area (Å²) < 4.78 is 0. The van der Waals surface area contributed by atoms with E-state index in [0.717, 1.165) is 6.42 Å². The summed E-state index contributed by atoms with van der Waals surface area (Å²) in [6, 6.07) is 13.5. The highest BCUT2D eigenvalue weighted by Gasteiger charge is 2.15. The van der Waals surface area contributed by atoms with E-state index in [1.807, 2.05) is 11.8 Å². The van der Waals surface area contributed by atoms with E-state index in [1.54, 1.807) is 0 Å². The molecule has 2 aromatic carbocycles. The number of aryl methyl sites for hydroxylation is 2. The molecule has 0 N–H and O–H groups in total. The minimum absolute atomic E-state index is 1.08. The van der Waals surface area contributed by atoms with E-state index in [2.05, 4.69) is 50.2 Å². The van der Waals surface area contributed by atoms with E-state index in [9.17, 15) is 0 Å². The molecule has 1 aliphatic heterocycles. The van der Waals surface area contributed by atoms with Crippen LogP contribution >= 0.6 is 11.8 Å². The third-order valence-electron chi connectivity index (χ3n) is 3.05. The highest BCUT2D eigenvalue weighted by atomic mass is 32.2. The Hall–Kier alpha value is -1.21. The molecule has 0 aliphatic carbocycles. The van der Waals surface area contributed by atoms with Crippen LogP contribution in [0.25, 0.3) is 0 Å². The lowest BCUT2D eigenvalue weighted by atomic mass is 10.0. The molecule has 1 aliphatic rings. The molecule has 0 amide bonds. The Labute approximate surface area is 101 Å². The van der Waals surface area contributed by atoms with E-state index < -0.39 is 0 Å². The van der Waals surface area contributed by atoms with E-state index >= 15 is 0 Å². The summed E-state index contributed by atoms with van der Waals surface area (Å²) in [4.78, 5) is 2.86. The first-order valence-corrected chi connectivity index (χ1v) is 6.41. The lowest BCUT2D eigenvalue weighted by Gasteiger charge is -2.19. The van der Waals surface area contributed by atoms with Crippen molar-refractivity contribution in [3.8, 4) is 0 Å². The number of fused-ring (bicyclic) bond motifs is 2. The predicted octanol–water partition coefficient (Wildman–Crippen LogP) is 4.36. The Balaban J connectivity index is 2.10. The van der Waals surface area contributed by atoms with E-state index in [0.29, 0.717) is 0 Å². The van der Waals surface area contributed by atoms with Gasteiger partial charge < -0.3 is 0 Å². The van der Waals surface area contributed by atoms with Crippen molar-refractivity contribution in [3.63, 3.8) is 0 Å². The molecule has 1 heteroatoms. The lowest BCUT2D eigenvalue weighted by molar-refractivity contribution is 1.04. The molecular formula is C15H14S. The van der Waals surface area contributed by atoms with Gasteiger partial charge in [-0.15, -0.1) is 0 Å². The fourth-order valence-corrected chi connectivity index (χ4v) is 3.40. The smallest absolute Gasteiger partial charge is 0.0160 e. The summed E-state index contributed by atoms with van der Waals surface area (Å²) in [5, 5.41) is 0. The normalized spacial score (nSPS) is 13.1. The highest BCUT2D eigenvalue weighted by Crippen LogP contribution is 2.40. The van der Waals surface area contributed by atoms with Crippen molar-refractivity contribution in [3.05, 3.63) is 58.7 Å². The first-order valence-electron chi connectivity index (χ1n) is 5.59. The molecule has 80 valence electrons. The quantitative estimate of drug-likeness (QED) is 0.549. The van der Waals surface area contributed by atoms with Gasteiger partial charge in [-0.2, -0.15) is 0 Å². The summed E-state index contributed by atoms with van der Waals surface area (Å²) in [5.74, 6) is 0. The van der Waals surface area contributed by atoms with Crippen molar-refractivity contribution >= 4 is 11.8 Å². The van der Waals surface area contributed by atoms with Gasteiger partial charge in [-0.05, 0) is 54.7 Å². The number of benzene rings is 2. The van der Waals surface area contributed by atoms with E-state index in [4.69, 9.17) is 0 Å². The molecule has 3 rings (SSSR count). The zero-order valence-corrected chi connectivity index (χ0v) is 10.4. The Morgan fingerprint density at radius 1 is 0.812 bits per heavy atom. The van der Waals surface area contributed by atoms with E-state index in [-0.39, 0.29) is 0 Å². The summed E-state index contributed by atoms with van der Waals surface area (Å²) in [7, 11) is 0. The molecule has 1 heterocycles. The third-order valence-corrected chi connectivity index (χ3v) is 4.25. The average molecular weight is 226 g/mol. The predicted molar refractivity (Wildman–Crippen MR) is 69.3 cm³/mol. The maximum atomic E-state index is 2.30. The Morgan fingerprint density at radius 2 is 1.31 bits per heavy atom. The van der Waals surface area contributed by atoms with Crippen LogP contribution in [0, 0.1) is 13.8 Å². The van der Waals surface area contributed by atoms with Crippen LogP contribution in [0.2, 0.25) is 0 Å². The average Bonchev–Trinajstić information content (AvgIpc) is 2.26. The number of hydrogen-bond donors (Lipinski definition) is 0. The lowest BCUT2D eigenvalue weighted by Crippen LogP contribution is -1.99. The molecule has 0 aromatic heterocycles. The van der Waals surface area contributed by atoms with Gasteiger partial charge in [-0.1, -0.05) is 36.0 Å². The van der Waals surface area contributed by atoms with E-state index in [1.165, 1.54) is 32.0 Å². The minimum Gasteiger partial charge on any atom is -0.0895 e. The molecule has 0 nitrogen and oxygen atoms in total. The van der Waals surface area contributed by atoms with Crippen LogP contribution in [0.4, 0.5) is 0 Å². The molecule has 0 saturated heterocycles. The zero-order chi connectivity index (χ0) is 11.1. The van der Waals surface area contributed by atoms with Crippen molar-refractivity contribution in [2.45, 2.75) is 30.1 Å². The highest BCUT2D eigenvalue weighted by molar-refractivity contribution is 7.99. The molecule has 0 spiro atoms. The van der Waals surface area contributed by atoms with Gasteiger partial charge in [-0.3, -0.25) is 0 Å². The van der Waals surface area contributed by atoms with Gasteiger partial charge >= 0.3 is 0 Å². The maximum absolute atomic E-state index is 2.30. The Bertz CT molecular complexity index is 506. The van der Waals surface area contributed by atoms with Crippen LogP contribution in [0.1, 0.15) is 22.3 Å². The standard InChI is InChI=1S/C15H14S/c1-10-3-5-12-9-13-6-4-11(2)8-15(13)16-14(12)7-10/h3-8H,9H2,1-2H3. The van der Waals surface area contributed by atoms with Crippen LogP contribution in [0.15, 0.2) is 46.2 Å². The Kier molecular flexibility index (Phi) is 2.29. The van der Waals surface area contributed by atoms with Gasteiger partial charge in [0.25, 0.3) is 0 Å². The summed E-state index contributed by atoms with van der Waals surface area (Å²) in [6.07, 6.45) is 1.08. The first-order chi connectivity index (χ1) is 7.72. The second kappa shape index (κ2) is 3.67. The molecule has 0 radical (unpaired) electrons. The van der Waals surface area contributed by atoms with Crippen LogP contribution in [-0.4, -0.2) is 0 Å². The molecular weight excluding hydrogens is 212 g/mol. The second-order valence-corrected chi connectivity index (χ2v) is 5.58. The van der Waals surface area contributed by atoms with Crippen molar-refractivity contribution in [1.29, 1.82) is 0 Å². The van der Waals surface area contributed by atoms with Crippen LogP contribution in [0.3, 0.4) is 0 Å². The summed E-state index contributed by atoms with van der Waals surface area (Å²) >= 11 is 1.91. The molecule has 0 saturated carbocycles. The topological polar surface area (TPSA) is 0 Å². The molecule has 2 aromatic rings. The first kappa shape index (κ1) is 9.98. The van der Waals surface area contributed by atoms with Crippen molar-refractivity contribution in [2.24, 2.45) is 0 Å². The molecule has 16 heavy (non-hydrogen) atoms.